The molecule has 0 aliphatic rings. The molecule has 0 atom stereocenters. The van der Waals surface area contributed by atoms with Crippen molar-refractivity contribution in [2.24, 2.45) is 0 Å². The molecule has 2 aromatic rings. The van der Waals surface area contributed by atoms with Gasteiger partial charge in [0, 0.05) is 27.8 Å². The predicted molar refractivity (Wildman–Crippen MR) is 84.3 cm³/mol. The van der Waals surface area contributed by atoms with Gasteiger partial charge in [0.2, 0.25) is 0 Å². The van der Waals surface area contributed by atoms with Gasteiger partial charge in [-0.2, -0.15) is 0 Å². The van der Waals surface area contributed by atoms with Gasteiger partial charge in [0.1, 0.15) is 0 Å². The van der Waals surface area contributed by atoms with E-state index in [1.54, 1.807) is 6.07 Å². The average molecular weight is 356 g/mol. The molecule has 0 aliphatic carbocycles. The average Bonchev–Trinajstić information content (AvgIpc) is 2.40. The number of benzene rings is 2. The van der Waals surface area contributed by atoms with E-state index in [1.807, 2.05) is 25.1 Å². The Hall–Kier alpha value is -1.59. The molecular weight excluding hydrogens is 344 g/mol. The minimum Gasteiger partial charge on any atom is -0.380 e. The van der Waals surface area contributed by atoms with E-state index in [-0.39, 0.29) is 5.69 Å². The summed E-state index contributed by atoms with van der Waals surface area (Å²) in [6.07, 6.45) is 0. The fourth-order valence-electron chi connectivity index (χ4n) is 1.86. The van der Waals surface area contributed by atoms with Crippen LogP contribution in [0.3, 0.4) is 0 Å². The quantitative estimate of drug-likeness (QED) is 0.625. The maximum Gasteiger partial charge on any atom is 0.274 e. The van der Waals surface area contributed by atoms with Gasteiger partial charge < -0.3 is 5.32 Å². The Morgan fingerprint density at radius 2 is 2.10 bits per heavy atom. The number of rotatable bonds is 4. The van der Waals surface area contributed by atoms with Crippen molar-refractivity contribution in [3.05, 3.63) is 67.1 Å². The molecule has 6 heteroatoms. The first-order chi connectivity index (χ1) is 9.49. The summed E-state index contributed by atoms with van der Waals surface area (Å²) >= 11 is 9.35. The molecule has 0 saturated carbocycles. The molecular formula is C14H12BrClN2O2. The largest absolute Gasteiger partial charge is 0.380 e. The van der Waals surface area contributed by atoms with E-state index in [9.17, 15) is 10.1 Å². The van der Waals surface area contributed by atoms with Crippen molar-refractivity contribution in [2.75, 3.05) is 5.32 Å². The van der Waals surface area contributed by atoms with Gasteiger partial charge in [-0.1, -0.05) is 33.6 Å². The van der Waals surface area contributed by atoms with Crippen LogP contribution in [-0.4, -0.2) is 4.92 Å². The highest BCUT2D eigenvalue weighted by Gasteiger charge is 2.14. The summed E-state index contributed by atoms with van der Waals surface area (Å²) in [5.74, 6) is 0. The maximum absolute atomic E-state index is 11.0. The van der Waals surface area contributed by atoms with Gasteiger partial charge in [-0.15, -0.1) is 0 Å². The Kier molecular flexibility index (Phi) is 4.62. The molecule has 0 heterocycles. The van der Waals surface area contributed by atoms with Crippen LogP contribution in [0.25, 0.3) is 0 Å². The number of nitrogens with one attached hydrogen (secondary N) is 1. The van der Waals surface area contributed by atoms with Crippen molar-refractivity contribution in [1.82, 2.24) is 0 Å². The van der Waals surface area contributed by atoms with Gasteiger partial charge in [0.25, 0.3) is 5.69 Å². The fourth-order valence-corrected chi connectivity index (χ4v) is 2.42. The Bertz CT molecular complexity index is 662. The third-order valence-corrected chi connectivity index (χ3v) is 4.07. The third-order valence-electron chi connectivity index (χ3n) is 2.98. The minimum atomic E-state index is -0.402. The number of halogens is 2. The molecule has 0 amide bonds. The van der Waals surface area contributed by atoms with E-state index < -0.39 is 4.92 Å². The molecule has 2 rings (SSSR count). The highest BCUT2D eigenvalue weighted by atomic mass is 79.9. The van der Waals surface area contributed by atoms with Gasteiger partial charge in [-0.3, -0.25) is 10.1 Å². The number of nitro benzene ring substituents is 1. The molecule has 0 unspecified atom stereocenters. The van der Waals surface area contributed by atoms with E-state index in [1.165, 1.54) is 12.1 Å². The lowest BCUT2D eigenvalue weighted by molar-refractivity contribution is -0.385. The smallest absolute Gasteiger partial charge is 0.274 e. The lowest BCUT2D eigenvalue weighted by atomic mass is 10.1. The number of hydrogen-bond donors (Lipinski definition) is 1. The van der Waals surface area contributed by atoms with Gasteiger partial charge >= 0.3 is 0 Å². The van der Waals surface area contributed by atoms with Crippen molar-refractivity contribution < 1.29 is 4.92 Å². The number of hydrogen-bond acceptors (Lipinski definition) is 3. The summed E-state index contributed by atoms with van der Waals surface area (Å²) in [4.78, 5) is 10.6. The van der Waals surface area contributed by atoms with E-state index in [0.717, 1.165) is 15.7 Å². The van der Waals surface area contributed by atoms with Crippen LogP contribution < -0.4 is 5.32 Å². The van der Waals surface area contributed by atoms with E-state index >= 15 is 0 Å². The molecule has 0 radical (unpaired) electrons. The van der Waals surface area contributed by atoms with Crippen LogP contribution in [0, 0.1) is 17.0 Å². The molecule has 2 aromatic carbocycles. The van der Waals surface area contributed by atoms with Crippen LogP contribution in [0.4, 0.5) is 11.4 Å². The van der Waals surface area contributed by atoms with Crippen LogP contribution in [0.2, 0.25) is 5.02 Å². The zero-order chi connectivity index (χ0) is 14.7. The Morgan fingerprint density at radius 1 is 1.35 bits per heavy atom. The van der Waals surface area contributed by atoms with E-state index in [4.69, 9.17) is 11.6 Å². The number of anilines is 1. The van der Waals surface area contributed by atoms with Crippen LogP contribution in [0.15, 0.2) is 40.9 Å². The Morgan fingerprint density at radius 3 is 2.80 bits per heavy atom. The first-order valence-electron chi connectivity index (χ1n) is 5.91. The maximum atomic E-state index is 11.0. The fraction of sp³-hybridized carbons (Fsp3) is 0.143. The lowest BCUT2D eigenvalue weighted by Gasteiger charge is -2.11. The molecule has 104 valence electrons. The minimum absolute atomic E-state index is 0.0644. The van der Waals surface area contributed by atoms with Crippen molar-refractivity contribution in [3.63, 3.8) is 0 Å². The summed E-state index contributed by atoms with van der Waals surface area (Å²) in [6.45, 7) is 2.31. The second-order valence-electron chi connectivity index (χ2n) is 4.30. The molecule has 0 spiro atoms. The highest BCUT2D eigenvalue weighted by molar-refractivity contribution is 9.10. The number of nitrogens with zero attached hydrogens (tertiary/aromatic N) is 1. The first kappa shape index (κ1) is 14.8. The molecule has 0 saturated heterocycles. The Balaban J connectivity index is 2.24. The summed E-state index contributed by atoms with van der Waals surface area (Å²) in [6, 6.07) is 10.3. The SMILES string of the molecule is Cc1c(Br)cccc1NCc1cc(Cl)ccc1[N+](=O)[O-]. The first-order valence-corrected chi connectivity index (χ1v) is 7.08. The molecule has 20 heavy (non-hydrogen) atoms. The van der Waals surface area contributed by atoms with Crippen molar-refractivity contribution in [1.29, 1.82) is 0 Å². The van der Waals surface area contributed by atoms with Crippen LogP contribution in [0.5, 0.6) is 0 Å². The second kappa shape index (κ2) is 6.24. The standard InChI is InChI=1S/C14H12BrClN2O2/c1-9-12(15)3-2-4-13(9)17-8-10-7-11(16)5-6-14(10)18(19)20/h2-7,17H,8H2,1H3. The Labute approximate surface area is 130 Å². The third kappa shape index (κ3) is 3.29. The lowest BCUT2D eigenvalue weighted by Crippen LogP contribution is -2.04. The zero-order valence-corrected chi connectivity index (χ0v) is 13.0. The molecule has 0 bridgehead atoms. The van der Waals surface area contributed by atoms with Crippen molar-refractivity contribution >= 4 is 38.9 Å². The summed E-state index contributed by atoms with van der Waals surface area (Å²) in [5.41, 5.74) is 2.60. The monoisotopic (exact) mass is 354 g/mol. The zero-order valence-electron chi connectivity index (χ0n) is 10.7. The van der Waals surface area contributed by atoms with Gasteiger partial charge in [0.05, 0.1) is 10.5 Å². The van der Waals surface area contributed by atoms with Crippen molar-refractivity contribution in [2.45, 2.75) is 13.5 Å². The molecule has 4 nitrogen and oxygen atoms in total. The van der Waals surface area contributed by atoms with Gasteiger partial charge in [-0.25, -0.2) is 0 Å². The van der Waals surface area contributed by atoms with Crippen molar-refractivity contribution in [3.8, 4) is 0 Å². The highest BCUT2D eigenvalue weighted by Crippen LogP contribution is 2.26. The summed E-state index contributed by atoms with van der Waals surface area (Å²) < 4.78 is 0.989. The molecule has 1 N–H and O–H groups in total. The molecule has 0 fully saturated rings. The van der Waals surface area contributed by atoms with Crippen LogP contribution >= 0.6 is 27.5 Å². The number of nitro groups is 1. The van der Waals surface area contributed by atoms with Crippen LogP contribution in [-0.2, 0) is 6.54 Å². The normalized spacial score (nSPS) is 10.3. The predicted octanol–water partition coefficient (Wildman–Crippen LogP) is 4.93. The second-order valence-corrected chi connectivity index (χ2v) is 5.59. The topological polar surface area (TPSA) is 55.2 Å². The van der Waals surface area contributed by atoms with Gasteiger partial charge in [-0.05, 0) is 36.8 Å². The van der Waals surface area contributed by atoms with E-state index in [2.05, 4.69) is 21.2 Å². The van der Waals surface area contributed by atoms with Crippen LogP contribution in [0.1, 0.15) is 11.1 Å². The van der Waals surface area contributed by atoms with E-state index in [0.29, 0.717) is 17.1 Å². The summed E-state index contributed by atoms with van der Waals surface area (Å²) in [5, 5.41) is 14.7. The molecule has 0 aliphatic heterocycles. The van der Waals surface area contributed by atoms with Gasteiger partial charge in [0.15, 0.2) is 0 Å². The molecule has 0 aromatic heterocycles. The summed E-state index contributed by atoms with van der Waals surface area (Å²) in [7, 11) is 0.